The minimum atomic E-state index is 0.312. The van der Waals surface area contributed by atoms with Crippen molar-refractivity contribution in [1.82, 2.24) is 0 Å². The van der Waals surface area contributed by atoms with Gasteiger partial charge < -0.3 is 11.1 Å². The van der Waals surface area contributed by atoms with Gasteiger partial charge in [-0.3, -0.25) is 0 Å². The smallest absolute Gasteiger partial charge is 0.106 e. The van der Waals surface area contributed by atoms with Crippen LogP contribution in [0.15, 0.2) is 30.3 Å². The summed E-state index contributed by atoms with van der Waals surface area (Å²) in [4.78, 5) is 0.312. The Labute approximate surface area is 137 Å². The fraction of sp³-hybridized carbons (Fsp3) is 0.0714. The van der Waals surface area contributed by atoms with Gasteiger partial charge in [0.05, 0.1) is 26.4 Å². The van der Waals surface area contributed by atoms with Gasteiger partial charge in [-0.25, -0.2) is 0 Å². The molecule has 0 fully saturated rings. The third-order valence-electron chi connectivity index (χ3n) is 2.81. The number of thiocarbonyl (C=S) groups is 1. The van der Waals surface area contributed by atoms with Crippen LogP contribution in [-0.2, 0) is 0 Å². The van der Waals surface area contributed by atoms with Crippen LogP contribution in [0.5, 0.6) is 0 Å². The first-order valence-corrected chi connectivity index (χ1v) is 7.25. The Kier molecular flexibility index (Phi) is 4.76. The second-order valence-electron chi connectivity index (χ2n) is 4.23. The lowest BCUT2D eigenvalue weighted by atomic mass is 10.1. The number of hydrogen-bond donors (Lipinski definition) is 2. The van der Waals surface area contributed by atoms with Gasteiger partial charge in [-0.05, 0) is 30.7 Å². The van der Waals surface area contributed by atoms with Gasteiger partial charge in [0, 0.05) is 5.56 Å². The molecule has 0 saturated heterocycles. The molecule has 0 bridgehead atoms. The van der Waals surface area contributed by atoms with E-state index in [2.05, 4.69) is 5.32 Å². The first-order valence-electron chi connectivity index (χ1n) is 5.71. The minimum absolute atomic E-state index is 0.312. The Balaban J connectivity index is 2.50. The topological polar surface area (TPSA) is 38.0 Å². The fourth-order valence-corrected chi connectivity index (χ4v) is 2.56. The Morgan fingerprint density at radius 1 is 1.10 bits per heavy atom. The highest BCUT2D eigenvalue weighted by Crippen LogP contribution is 2.35. The maximum absolute atomic E-state index is 6.17. The number of aryl methyl sites for hydroxylation is 1. The maximum Gasteiger partial charge on any atom is 0.106 e. The van der Waals surface area contributed by atoms with E-state index in [9.17, 15) is 0 Å². The van der Waals surface area contributed by atoms with Gasteiger partial charge in [-0.15, -0.1) is 0 Å². The highest BCUT2D eigenvalue weighted by atomic mass is 35.5. The van der Waals surface area contributed by atoms with E-state index in [1.807, 2.05) is 25.1 Å². The molecule has 2 rings (SSSR count). The van der Waals surface area contributed by atoms with E-state index in [1.54, 1.807) is 12.1 Å². The molecule has 0 aromatic heterocycles. The summed E-state index contributed by atoms with van der Waals surface area (Å²) in [7, 11) is 0. The van der Waals surface area contributed by atoms with Gasteiger partial charge in [0.15, 0.2) is 0 Å². The Morgan fingerprint density at radius 2 is 1.75 bits per heavy atom. The van der Waals surface area contributed by atoms with Crippen LogP contribution < -0.4 is 11.1 Å². The highest BCUT2D eigenvalue weighted by molar-refractivity contribution is 7.80. The Bertz CT molecular complexity index is 686. The van der Waals surface area contributed by atoms with Crippen molar-refractivity contribution < 1.29 is 0 Å². The van der Waals surface area contributed by atoms with Crippen LogP contribution in [0.2, 0.25) is 15.1 Å². The lowest BCUT2D eigenvalue weighted by Gasteiger charge is -2.15. The molecule has 6 heteroatoms. The molecule has 2 nitrogen and oxygen atoms in total. The molecule has 0 aliphatic rings. The van der Waals surface area contributed by atoms with Crippen LogP contribution in [0.4, 0.5) is 11.4 Å². The van der Waals surface area contributed by atoms with Gasteiger partial charge in [-0.2, -0.15) is 0 Å². The van der Waals surface area contributed by atoms with Crippen LogP contribution in [0.25, 0.3) is 0 Å². The SMILES string of the molecule is Cc1cccc(C(N)=S)c1Nc1cc(Cl)c(Cl)cc1Cl. The van der Waals surface area contributed by atoms with Crippen LogP contribution in [-0.4, -0.2) is 4.99 Å². The average Bonchev–Trinajstić information content (AvgIpc) is 2.37. The monoisotopic (exact) mass is 344 g/mol. The van der Waals surface area contributed by atoms with Crippen molar-refractivity contribution in [3.63, 3.8) is 0 Å². The molecule has 20 heavy (non-hydrogen) atoms. The van der Waals surface area contributed by atoms with Crippen molar-refractivity contribution in [2.45, 2.75) is 6.92 Å². The molecule has 0 amide bonds. The molecule has 2 aromatic carbocycles. The summed E-state index contributed by atoms with van der Waals surface area (Å²) in [5.74, 6) is 0. The number of hydrogen-bond acceptors (Lipinski definition) is 2. The van der Waals surface area contributed by atoms with Crippen molar-refractivity contribution in [3.05, 3.63) is 56.5 Å². The maximum atomic E-state index is 6.17. The highest BCUT2D eigenvalue weighted by Gasteiger charge is 2.11. The van der Waals surface area contributed by atoms with E-state index in [1.165, 1.54) is 0 Å². The number of rotatable bonds is 3. The second-order valence-corrected chi connectivity index (χ2v) is 5.89. The van der Waals surface area contributed by atoms with Crippen molar-refractivity contribution >= 4 is 63.4 Å². The third kappa shape index (κ3) is 3.18. The first kappa shape index (κ1) is 15.4. The summed E-state index contributed by atoms with van der Waals surface area (Å²) < 4.78 is 0. The predicted molar refractivity (Wildman–Crippen MR) is 91.8 cm³/mol. The normalized spacial score (nSPS) is 10.4. The van der Waals surface area contributed by atoms with Gasteiger partial charge in [0.1, 0.15) is 4.99 Å². The molecule has 0 unspecified atom stereocenters. The summed E-state index contributed by atoms with van der Waals surface area (Å²) in [5.41, 5.74) is 8.94. The molecular formula is C14H11Cl3N2S. The molecule has 3 N–H and O–H groups in total. The quantitative estimate of drug-likeness (QED) is 0.583. The van der Waals surface area contributed by atoms with E-state index < -0.39 is 0 Å². The summed E-state index contributed by atoms with van der Waals surface area (Å²) in [6.07, 6.45) is 0. The van der Waals surface area contributed by atoms with Crippen LogP contribution >= 0.6 is 47.0 Å². The molecule has 2 aromatic rings. The van der Waals surface area contributed by atoms with Gasteiger partial charge in [-0.1, -0.05) is 59.2 Å². The Morgan fingerprint density at radius 3 is 2.40 bits per heavy atom. The van der Waals surface area contributed by atoms with Crippen molar-refractivity contribution in [3.8, 4) is 0 Å². The number of nitrogens with two attached hydrogens (primary N) is 1. The van der Waals surface area contributed by atoms with Crippen LogP contribution in [0, 0.1) is 6.92 Å². The summed E-state index contributed by atoms with van der Waals surface area (Å²) in [6, 6.07) is 8.96. The van der Waals surface area contributed by atoms with Gasteiger partial charge in [0.25, 0.3) is 0 Å². The number of para-hydroxylation sites is 1. The Hall–Kier alpha value is -1.000. The lowest BCUT2D eigenvalue weighted by Crippen LogP contribution is -2.12. The van der Waals surface area contributed by atoms with Crippen LogP contribution in [0.3, 0.4) is 0 Å². The van der Waals surface area contributed by atoms with Gasteiger partial charge >= 0.3 is 0 Å². The largest absolute Gasteiger partial charge is 0.389 e. The van der Waals surface area contributed by atoms with E-state index in [4.69, 9.17) is 52.8 Å². The molecule has 0 spiro atoms. The van der Waals surface area contributed by atoms with E-state index >= 15 is 0 Å². The first-order chi connectivity index (χ1) is 9.40. The van der Waals surface area contributed by atoms with E-state index in [-0.39, 0.29) is 0 Å². The molecule has 0 heterocycles. The average molecular weight is 346 g/mol. The molecule has 0 aliphatic carbocycles. The zero-order valence-electron chi connectivity index (χ0n) is 10.5. The second kappa shape index (κ2) is 6.19. The van der Waals surface area contributed by atoms with Crippen LogP contribution in [0.1, 0.15) is 11.1 Å². The standard InChI is InChI=1S/C14H11Cl3N2S/c1-7-3-2-4-8(14(18)20)13(7)19-12-6-10(16)9(15)5-11(12)17/h2-6,19H,1H3,(H2,18,20). The minimum Gasteiger partial charge on any atom is -0.389 e. The van der Waals surface area contributed by atoms with Crippen molar-refractivity contribution in [1.29, 1.82) is 0 Å². The predicted octanol–water partition coefficient (Wildman–Crippen LogP) is 5.33. The van der Waals surface area contributed by atoms with Crippen molar-refractivity contribution in [2.75, 3.05) is 5.32 Å². The summed E-state index contributed by atoms with van der Waals surface area (Å²) in [6.45, 7) is 1.95. The molecule has 0 aliphatic heterocycles. The molecule has 0 atom stereocenters. The zero-order valence-corrected chi connectivity index (χ0v) is 13.6. The summed E-state index contributed by atoms with van der Waals surface area (Å²) in [5, 5.41) is 4.51. The molecule has 0 radical (unpaired) electrons. The summed E-state index contributed by atoms with van der Waals surface area (Å²) >= 11 is 23.2. The number of anilines is 2. The third-order valence-corrected chi connectivity index (χ3v) is 4.06. The van der Waals surface area contributed by atoms with E-state index in [0.717, 1.165) is 16.8 Å². The number of halogens is 3. The van der Waals surface area contributed by atoms with Gasteiger partial charge in [0.2, 0.25) is 0 Å². The van der Waals surface area contributed by atoms with Crippen molar-refractivity contribution in [2.24, 2.45) is 5.73 Å². The number of nitrogens with one attached hydrogen (secondary N) is 1. The van der Waals surface area contributed by atoms with E-state index in [0.29, 0.717) is 25.7 Å². The molecule has 0 saturated carbocycles. The fourth-order valence-electron chi connectivity index (χ4n) is 1.79. The zero-order chi connectivity index (χ0) is 14.9. The molecule has 104 valence electrons. The number of benzene rings is 2. The molecular weight excluding hydrogens is 335 g/mol. The lowest BCUT2D eigenvalue weighted by molar-refractivity contribution is 1.41.